The maximum Gasteiger partial charge on any atom is 0.274 e. The molecule has 3 aromatic heterocycles. The zero-order valence-electron chi connectivity index (χ0n) is 85.7. The van der Waals surface area contributed by atoms with E-state index in [1.54, 1.807) is 108 Å². The number of halogens is 5. The number of unbranched alkanes of at least 4 members (excludes halogenated alkanes) is 6. The molecule has 780 valence electrons. The van der Waals surface area contributed by atoms with Crippen molar-refractivity contribution in [2.75, 3.05) is 82.1 Å². The predicted molar refractivity (Wildman–Crippen MR) is 568 cm³/mol. The second kappa shape index (κ2) is 53.0. The van der Waals surface area contributed by atoms with Crippen LogP contribution < -0.4 is 20.7 Å². The molecule has 12 aromatic rings. The fourth-order valence-electron chi connectivity index (χ4n) is 18.7. The number of nitrogens with zero attached hydrogens (tertiary/aromatic N) is 12. The van der Waals surface area contributed by atoms with E-state index in [1.165, 1.54) is 49.6 Å². The minimum Gasteiger partial charge on any atom is -0.494 e. The van der Waals surface area contributed by atoms with E-state index in [4.69, 9.17) is 43.2 Å². The van der Waals surface area contributed by atoms with E-state index in [2.05, 4.69) is 57.5 Å². The number of fused-ring (bicyclic) bond motifs is 3. The van der Waals surface area contributed by atoms with E-state index in [0.717, 1.165) is 116 Å². The van der Waals surface area contributed by atoms with Crippen LogP contribution in [-0.4, -0.2) is 212 Å². The predicted octanol–water partition coefficient (Wildman–Crippen LogP) is 19.6. The lowest BCUT2D eigenvalue weighted by atomic mass is 9.93. The molecule has 0 radical (unpaired) electrons. The molecule has 9 amide bonds. The van der Waals surface area contributed by atoms with Gasteiger partial charge in [0.25, 0.3) is 35.4 Å². The van der Waals surface area contributed by atoms with E-state index >= 15 is 0 Å². The number of anilines is 3. The summed E-state index contributed by atoms with van der Waals surface area (Å²) in [6, 6.07) is 54.5. The average molecular weight is 2060 g/mol. The number of aromatic nitrogens is 6. The Morgan fingerprint density at radius 2 is 0.716 bits per heavy atom. The molecule has 6 heterocycles. The molecule has 0 fully saturated rings. The van der Waals surface area contributed by atoms with Gasteiger partial charge < -0.3 is 65.4 Å². The Bertz CT molecular complexity index is 6700. The summed E-state index contributed by atoms with van der Waals surface area (Å²) in [7, 11) is 1.37. The van der Waals surface area contributed by atoms with Crippen LogP contribution in [0.2, 0.25) is 10.0 Å². The minimum absolute atomic E-state index is 0.0728. The molecule has 3 aliphatic rings. The summed E-state index contributed by atoms with van der Waals surface area (Å²) in [6.45, 7) is 22.0. The number of ether oxygens (including phenoxy) is 1. The normalized spacial score (nSPS) is 14.0. The Hall–Kier alpha value is -14.1. The Labute approximate surface area is 872 Å². The molecule has 148 heavy (non-hydrogen) atoms. The molecule has 15 rings (SSSR count). The number of methoxy groups -OCH3 is 1. The van der Waals surface area contributed by atoms with Gasteiger partial charge in [0.15, 0.2) is 28.6 Å². The molecular formula is C115H132Cl2F3N15O13. The number of aliphatic hydroxyl groups excluding tert-OH is 3. The number of carbonyl (C=O) groups excluding carboxylic acids is 9. The van der Waals surface area contributed by atoms with E-state index in [9.17, 15) is 71.6 Å². The van der Waals surface area contributed by atoms with Crippen molar-refractivity contribution in [3.8, 4) is 22.8 Å². The first-order valence-corrected chi connectivity index (χ1v) is 51.8. The Morgan fingerprint density at radius 1 is 0.378 bits per heavy atom. The fraction of sp³-hybridized carbons (Fsp3) is 0.374. The average Bonchev–Trinajstić information content (AvgIpc) is 1.46. The van der Waals surface area contributed by atoms with Crippen molar-refractivity contribution in [2.45, 2.75) is 216 Å². The molecule has 0 aliphatic carbocycles. The first kappa shape index (κ1) is 111. The van der Waals surface area contributed by atoms with Crippen LogP contribution in [0.3, 0.4) is 0 Å². The van der Waals surface area contributed by atoms with E-state index < -0.39 is 53.3 Å². The topological polar surface area (TPSA) is 333 Å². The van der Waals surface area contributed by atoms with Gasteiger partial charge in [0.2, 0.25) is 17.7 Å². The van der Waals surface area contributed by atoms with E-state index in [0.29, 0.717) is 134 Å². The Balaban J connectivity index is 0.000000185. The first-order chi connectivity index (χ1) is 71.4. The highest BCUT2D eigenvalue weighted by atomic mass is 35.5. The number of amides is 9. The summed E-state index contributed by atoms with van der Waals surface area (Å²) in [6.07, 6.45) is 12.1. The largest absolute Gasteiger partial charge is 0.494 e. The van der Waals surface area contributed by atoms with Gasteiger partial charge >= 0.3 is 0 Å². The molecule has 28 nitrogen and oxygen atoms in total. The van der Waals surface area contributed by atoms with E-state index in [-0.39, 0.29) is 136 Å². The molecular weight excluding hydrogens is 1930 g/mol. The standard InChI is InChI=1S/C39H46FN5O5.2C38H43ClFN5O4/c1-5-7-17-43(18-8-6-2)39(49)34-19-26(3)45(42-34)35-15-14-30(41-37(47)21-27-13-16-36(50-4)33(40)20-27)23-32(35)38(48)44-24-29-12-10-9-11-28(29)22-31(44)25-46;1-4-6-17-43(18-7-5-2)38(49)34-19-25(3)45(42-34)35-16-15-28(41-36(47)22-30-32(39)13-10-14-33(30)40)21-31(35)37(48)44-23-27-12-9-8-11-26(27)20-29(44)24-46;1-4-6-16-43(17-7-5-2)38(49)34-18-25(3)45(42-34)35-15-14-30(41-36(47)20-27-12-13-29(40)21-33(27)39)22-32(35)37(48)44-23-28-11-9-8-10-26(28)19-31(44)24-46/h9-16,19-20,23,31,46H,5-8,17-18,21-22,24-25H2,1-4H3,(H,41,47);8-16,19,21,29,46H,4-7,17-18,20,22-24H2,1-3H3,(H,41,47);8-15,18,21-22,31,46H,4-7,16-17,19-20,23-24H2,1-3H3,(H,41,47)/t31-;29-;31-/m000/s1. The van der Waals surface area contributed by atoms with Gasteiger partial charge in [-0.1, -0.05) is 194 Å². The highest BCUT2D eigenvalue weighted by Gasteiger charge is 2.38. The van der Waals surface area contributed by atoms with Gasteiger partial charge in [0.1, 0.15) is 11.6 Å². The molecule has 9 aromatic carbocycles. The zero-order chi connectivity index (χ0) is 106. The second-order valence-electron chi connectivity index (χ2n) is 37.7. The quantitative estimate of drug-likeness (QED) is 0.0208. The van der Waals surface area contributed by atoms with Crippen LogP contribution in [0.25, 0.3) is 17.1 Å². The smallest absolute Gasteiger partial charge is 0.274 e. The maximum absolute atomic E-state index is 14.5. The number of carbonyl (C=O) groups is 9. The Morgan fingerprint density at radius 3 is 1.03 bits per heavy atom. The molecule has 0 spiro atoms. The summed E-state index contributed by atoms with van der Waals surface area (Å²) in [5, 5.41) is 54.0. The SMILES string of the molecule is CCCCN(CCCC)C(=O)c1cc(C)n(-c2ccc(NC(=O)Cc3c(F)cccc3Cl)cc2C(=O)N2Cc3ccccc3C[C@H]2CO)n1.CCCCN(CCCC)C(=O)c1cc(C)n(-c2ccc(NC(=O)Cc3ccc(F)cc3Cl)cc2C(=O)N2Cc3ccccc3C[C@H]2CO)n1.CCCCN(CCCC)C(=O)c1cc(C)n(-c2ccc(NC(=O)Cc3ccc(OC)c(F)c3)cc2C(=O)N2Cc3ccccc3C[C@H]2CO)n1. The van der Waals surface area contributed by atoms with Crippen molar-refractivity contribution in [1.29, 1.82) is 0 Å². The zero-order valence-corrected chi connectivity index (χ0v) is 87.2. The lowest BCUT2D eigenvalue weighted by molar-refractivity contribution is -0.116. The number of rotatable bonds is 40. The van der Waals surface area contributed by atoms with Gasteiger partial charge in [-0.3, -0.25) is 43.2 Å². The second-order valence-corrected chi connectivity index (χ2v) is 38.6. The van der Waals surface area contributed by atoms with Crippen molar-refractivity contribution in [2.24, 2.45) is 0 Å². The molecule has 3 atom stereocenters. The summed E-state index contributed by atoms with van der Waals surface area (Å²) in [5.41, 5.74) is 13.0. The van der Waals surface area contributed by atoms with Crippen LogP contribution in [-0.2, 0) is 72.5 Å². The van der Waals surface area contributed by atoms with Crippen LogP contribution in [0, 0.1) is 38.2 Å². The third-order valence-corrected chi connectivity index (χ3v) is 27.6. The molecule has 0 saturated carbocycles. The van der Waals surface area contributed by atoms with Crippen LogP contribution in [0.1, 0.15) is 248 Å². The number of nitrogens with one attached hydrogen (secondary N) is 3. The minimum atomic E-state index is -0.586. The molecule has 6 N–H and O–H groups in total. The van der Waals surface area contributed by atoms with Crippen LogP contribution in [0.15, 0.2) is 200 Å². The van der Waals surface area contributed by atoms with Crippen molar-refractivity contribution >= 4 is 93.4 Å². The number of aryl methyl sites for hydroxylation is 3. The third-order valence-electron chi connectivity index (χ3n) is 26.9. The van der Waals surface area contributed by atoms with Crippen LogP contribution >= 0.6 is 23.2 Å². The molecule has 0 saturated heterocycles. The molecule has 0 bridgehead atoms. The highest BCUT2D eigenvalue weighted by Crippen LogP contribution is 2.36. The van der Waals surface area contributed by atoms with Gasteiger partial charge in [-0.05, 0) is 232 Å². The lowest BCUT2D eigenvalue weighted by Crippen LogP contribution is -2.46. The Kier molecular flexibility index (Phi) is 39.8. The first-order valence-electron chi connectivity index (χ1n) is 51.0. The lowest BCUT2D eigenvalue weighted by Gasteiger charge is -2.36. The maximum atomic E-state index is 14.5. The summed E-state index contributed by atoms with van der Waals surface area (Å²) in [5.74, 6) is -4.43. The monoisotopic (exact) mass is 2060 g/mol. The number of hydrogen-bond acceptors (Lipinski definition) is 16. The van der Waals surface area contributed by atoms with Gasteiger partial charge in [0.05, 0.1) is 98.1 Å². The van der Waals surface area contributed by atoms with Gasteiger partial charge in [-0.15, -0.1) is 0 Å². The van der Waals surface area contributed by atoms with Gasteiger partial charge in [-0.2, -0.15) is 15.3 Å². The number of aliphatic hydroxyl groups is 3. The number of hydrogen-bond donors (Lipinski definition) is 6. The fourth-order valence-corrected chi connectivity index (χ4v) is 19.1. The highest BCUT2D eigenvalue weighted by molar-refractivity contribution is 6.32. The summed E-state index contributed by atoms with van der Waals surface area (Å²) < 4.78 is 52.0. The van der Waals surface area contributed by atoms with Crippen molar-refractivity contribution in [3.63, 3.8) is 0 Å². The number of benzene rings is 9. The summed E-state index contributed by atoms with van der Waals surface area (Å²) in [4.78, 5) is 134. The van der Waals surface area contributed by atoms with Crippen LogP contribution in [0.4, 0.5) is 30.2 Å². The van der Waals surface area contributed by atoms with Crippen molar-refractivity contribution in [3.05, 3.63) is 329 Å². The summed E-state index contributed by atoms with van der Waals surface area (Å²) >= 11 is 12.3. The van der Waals surface area contributed by atoms with Gasteiger partial charge in [0, 0.05) is 109 Å². The molecule has 0 unspecified atom stereocenters. The van der Waals surface area contributed by atoms with Gasteiger partial charge in [-0.25, -0.2) is 27.2 Å². The van der Waals surface area contributed by atoms with Crippen molar-refractivity contribution < 1.29 is 76.4 Å². The van der Waals surface area contributed by atoms with Crippen molar-refractivity contribution in [1.82, 2.24) is 58.7 Å². The van der Waals surface area contributed by atoms with E-state index in [1.807, 2.05) is 108 Å². The molecule has 3 aliphatic heterocycles. The molecule has 33 heteroatoms. The van der Waals surface area contributed by atoms with Crippen LogP contribution in [0.5, 0.6) is 5.75 Å². The third kappa shape index (κ3) is 27.6.